The Balaban J connectivity index is 1.99. The molecule has 3 nitrogen and oxygen atoms in total. The summed E-state index contributed by atoms with van der Waals surface area (Å²) in [4.78, 5) is 0. The van der Waals surface area contributed by atoms with Crippen molar-refractivity contribution >= 4 is 0 Å². The van der Waals surface area contributed by atoms with Gasteiger partial charge in [-0.25, -0.2) is 0 Å². The van der Waals surface area contributed by atoms with Crippen molar-refractivity contribution in [3.63, 3.8) is 0 Å². The molecule has 0 spiro atoms. The maximum Gasteiger partial charge on any atom is 0.231 e. The van der Waals surface area contributed by atoms with E-state index in [0.29, 0.717) is 6.79 Å². The van der Waals surface area contributed by atoms with Gasteiger partial charge in [0.15, 0.2) is 11.5 Å². The molecule has 3 rings (SSSR count). The lowest BCUT2D eigenvalue weighted by atomic mass is 9.70. The summed E-state index contributed by atoms with van der Waals surface area (Å²) in [6, 6.07) is 8.45. The normalized spacial score (nSPS) is 20.9. The monoisotopic (exact) mass is 229 g/mol. The topological polar surface area (TPSA) is 42.2 Å². The predicted octanol–water partition coefficient (Wildman–Crippen LogP) is 3.14. The highest BCUT2D eigenvalue weighted by molar-refractivity contribution is 5.48. The van der Waals surface area contributed by atoms with E-state index in [9.17, 15) is 5.26 Å². The van der Waals surface area contributed by atoms with Gasteiger partial charge in [-0.1, -0.05) is 25.3 Å². The molecule has 0 amide bonds. The van der Waals surface area contributed by atoms with Crippen LogP contribution in [0.2, 0.25) is 0 Å². The molecule has 0 unspecified atom stereocenters. The third kappa shape index (κ3) is 1.64. The molecular formula is C14H15NO2. The van der Waals surface area contributed by atoms with Crippen LogP contribution in [0.25, 0.3) is 0 Å². The molecule has 0 aromatic heterocycles. The van der Waals surface area contributed by atoms with Gasteiger partial charge >= 0.3 is 0 Å². The van der Waals surface area contributed by atoms with Crippen LogP contribution in [0.1, 0.15) is 37.7 Å². The van der Waals surface area contributed by atoms with Crippen molar-refractivity contribution in [1.82, 2.24) is 0 Å². The highest BCUT2D eigenvalue weighted by atomic mass is 16.7. The van der Waals surface area contributed by atoms with Crippen molar-refractivity contribution in [2.45, 2.75) is 37.5 Å². The summed E-state index contributed by atoms with van der Waals surface area (Å²) in [5, 5.41) is 9.52. The fourth-order valence-electron chi connectivity index (χ4n) is 2.81. The summed E-state index contributed by atoms with van der Waals surface area (Å²) < 4.78 is 10.7. The number of hydrogen-bond acceptors (Lipinski definition) is 3. The molecule has 1 aliphatic carbocycles. The number of ether oxygens (including phenoxy) is 2. The molecule has 3 heteroatoms. The van der Waals surface area contributed by atoms with Crippen molar-refractivity contribution in [1.29, 1.82) is 5.26 Å². The minimum atomic E-state index is -0.306. The first-order valence-corrected chi connectivity index (χ1v) is 6.15. The molecule has 1 fully saturated rings. The average molecular weight is 229 g/mol. The molecule has 0 radical (unpaired) electrons. The van der Waals surface area contributed by atoms with Crippen molar-refractivity contribution < 1.29 is 9.47 Å². The second-order valence-corrected chi connectivity index (χ2v) is 4.82. The molecule has 17 heavy (non-hydrogen) atoms. The maximum atomic E-state index is 9.52. The van der Waals surface area contributed by atoms with E-state index in [1.54, 1.807) is 0 Å². The van der Waals surface area contributed by atoms with Gasteiger partial charge in [-0.15, -0.1) is 0 Å². The second kappa shape index (κ2) is 3.96. The first kappa shape index (κ1) is 10.5. The average Bonchev–Trinajstić information content (AvgIpc) is 2.86. The van der Waals surface area contributed by atoms with E-state index in [1.807, 2.05) is 18.2 Å². The minimum Gasteiger partial charge on any atom is -0.454 e. The lowest BCUT2D eigenvalue weighted by Gasteiger charge is -2.31. The van der Waals surface area contributed by atoms with Crippen molar-refractivity contribution in [3.8, 4) is 17.6 Å². The quantitative estimate of drug-likeness (QED) is 0.743. The Morgan fingerprint density at radius 1 is 1.06 bits per heavy atom. The lowest BCUT2D eigenvalue weighted by molar-refractivity contribution is 0.174. The van der Waals surface area contributed by atoms with Crippen LogP contribution in [0.3, 0.4) is 0 Å². The van der Waals surface area contributed by atoms with Crippen molar-refractivity contribution in [2.75, 3.05) is 6.79 Å². The van der Waals surface area contributed by atoms with Gasteiger partial charge in [0.25, 0.3) is 0 Å². The molecular weight excluding hydrogens is 214 g/mol. The van der Waals surface area contributed by atoms with Gasteiger partial charge in [0.05, 0.1) is 11.5 Å². The molecule has 1 saturated carbocycles. The number of fused-ring (bicyclic) bond motifs is 1. The fraction of sp³-hybridized carbons (Fsp3) is 0.500. The summed E-state index contributed by atoms with van der Waals surface area (Å²) in [5.41, 5.74) is 0.781. The standard InChI is InChI=1S/C14H15NO2/c15-9-14(6-2-1-3-7-14)11-4-5-12-13(8-11)17-10-16-12/h4-5,8H,1-3,6-7,10H2. The zero-order valence-corrected chi connectivity index (χ0v) is 9.74. The largest absolute Gasteiger partial charge is 0.454 e. The molecule has 0 saturated heterocycles. The number of nitriles is 1. The Morgan fingerprint density at radius 3 is 2.59 bits per heavy atom. The maximum absolute atomic E-state index is 9.52. The van der Waals surface area contributed by atoms with Crippen LogP contribution in [-0.2, 0) is 5.41 Å². The minimum absolute atomic E-state index is 0.290. The first-order valence-electron chi connectivity index (χ1n) is 6.15. The Labute approximate surface area is 101 Å². The first-order chi connectivity index (χ1) is 8.34. The summed E-state index contributed by atoms with van der Waals surface area (Å²) in [6.07, 6.45) is 5.45. The number of benzene rings is 1. The van der Waals surface area contributed by atoms with Crippen LogP contribution in [0.5, 0.6) is 11.5 Å². The smallest absolute Gasteiger partial charge is 0.231 e. The highest BCUT2D eigenvalue weighted by Gasteiger charge is 2.35. The van der Waals surface area contributed by atoms with E-state index in [4.69, 9.17) is 9.47 Å². The molecule has 2 aliphatic rings. The molecule has 0 atom stereocenters. The molecule has 1 aliphatic heterocycles. The summed E-state index contributed by atoms with van der Waals surface area (Å²) in [6.45, 7) is 0.290. The SMILES string of the molecule is N#CC1(c2ccc3c(c2)OCO3)CCCCC1. The van der Waals surface area contributed by atoms with Gasteiger partial charge in [0, 0.05) is 0 Å². The zero-order valence-electron chi connectivity index (χ0n) is 9.74. The number of nitrogens with zero attached hydrogens (tertiary/aromatic N) is 1. The molecule has 0 bridgehead atoms. The van der Waals surface area contributed by atoms with E-state index in [1.165, 1.54) is 6.42 Å². The van der Waals surface area contributed by atoms with E-state index >= 15 is 0 Å². The number of hydrogen-bond donors (Lipinski definition) is 0. The van der Waals surface area contributed by atoms with Crippen molar-refractivity contribution in [2.24, 2.45) is 0 Å². The van der Waals surface area contributed by atoms with Gasteiger partial charge in [-0.3, -0.25) is 0 Å². The van der Waals surface area contributed by atoms with Gasteiger partial charge in [0.1, 0.15) is 0 Å². The van der Waals surface area contributed by atoms with Crippen LogP contribution in [0, 0.1) is 11.3 Å². The third-order valence-corrected chi connectivity index (χ3v) is 3.85. The Hall–Kier alpha value is -1.69. The number of rotatable bonds is 1. The molecule has 1 aromatic rings. The molecule has 88 valence electrons. The van der Waals surface area contributed by atoms with Gasteiger partial charge in [-0.05, 0) is 30.5 Å². The fourth-order valence-corrected chi connectivity index (χ4v) is 2.81. The van der Waals surface area contributed by atoms with E-state index in [2.05, 4.69) is 6.07 Å². The Morgan fingerprint density at radius 2 is 1.82 bits per heavy atom. The van der Waals surface area contributed by atoms with E-state index in [0.717, 1.165) is 42.7 Å². The highest BCUT2D eigenvalue weighted by Crippen LogP contribution is 2.42. The predicted molar refractivity (Wildman–Crippen MR) is 62.9 cm³/mol. The van der Waals surface area contributed by atoms with Gasteiger partial charge in [0.2, 0.25) is 6.79 Å². The molecule has 1 aromatic carbocycles. The Kier molecular flexibility index (Phi) is 2.44. The van der Waals surface area contributed by atoms with Crippen LogP contribution >= 0.6 is 0 Å². The lowest BCUT2D eigenvalue weighted by Crippen LogP contribution is -2.26. The summed E-state index contributed by atoms with van der Waals surface area (Å²) in [7, 11) is 0. The summed E-state index contributed by atoms with van der Waals surface area (Å²) >= 11 is 0. The third-order valence-electron chi connectivity index (χ3n) is 3.85. The van der Waals surface area contributed by atoms with Crippen LogP contribution in [-0.4, -0.2) is 6.79 Å². The molecule has 1 heterocycles. The van der Waals surface area contributed by atoms with Crippen LogP contribution < -0.4 is 9.47 Å². The van der Waals surface area contributed by atoms with E-state index in [-0.39, 0.29) is 5.41 Å². The van der Waals surface area contributed by atoms with Crippen molar-refractivity contribution in [3.05, 3.63) is 23.8 Å². The van der Waals surface area contributed by atoms with E-state index < -0.39 is 0 Å². The van der Waals surface area contributed by atoms with Crippen LogP contribution in [0.15, 0.2) is 18.2 Å². The Bertz CT molecular complexity index is 470. The molecule has 0 N–H and O–H groups in total. The summed E-state index contributed by atoms with van der Waals surface area (Å²) in [5.74, 6) is 1.57. The van der Waals surface area contributed by atoms with Gasteiger partial charge in [-0.2, -0.15) is 5.26 Å². The van der Waals surface area contributed by atoms with Gasteiger partial charge < -0.3 is 9.47 Å². The van der Waals surface area contributed by atoms with Crippen LogP contribution in [0.4, 0.5) is 0 Å². The second-order valence-electron chi connectivity index (χ2n) is 4.82. The zero-order chi connectivity index (χ0) is 11.7.